The van der Waals surface area contributed by atoms with Gasteiger partial charge in [0.25, 0.3) is 0 Å². The topological polar surface area (TPSA) is 24.9 Å². The van der Waals surface area contributed by atoms with Crippen molar-refractivity contribution in [2.45, 2.75) is 19.4 Å². The van der Waals surface area contributed by atoms with Crippen LogP contribution in [-0.2, 0) is 6.42 Å². The van der Waals surface area contributed by atoms with E-state index in [0.717, 1.165) is 13.0 Å². The number of hydrogen-bond acceptors (Lipinski definition) is 2. The molecule has 0 fully saturated rings. The second kappa shape index (κ2) is 6.66. The minimum absolute atomic E-state index is 0.330. The van der Waals surface area contributed by atoms with E-state index in [1.807, 2.05) is 18.5 Å². The van der Waals surface area contributed by atoms with E-state index in [4.69, 9.17) is 0 Å². The molecule has 0 aliphatic carbocycles. The highest BCUT2D eigenvalue weighted by atomic mass is 79.9. The van der Waals surface area contributed by atoms with Crippen LogP contribution in [0.2, 0.25) is 0 Å². The van der Waals surface area contributed by atoms with Crippen molar-refractivity contribution in [3.63, 3.8) is 0 Å². The van der Waals surface area contributed by atoms with Crippen LogP contribution >= 0.6 is 15.9 Å². The Bertz CT molecular complexity index is 485. The van der Waals surface area contributed by atoms with Gasteiger partial charge >= 0.3 is 0 Å². The van der Waals surface area contributed by atoms with E-state index in [9.17, 15) is 0 Å². The molecule has 1 N–H and O–H groups in total. The van der Waals surface area contributed by atoms with E-state index in [0.29, 0.717) is 6.04 Å². The molecule has 0 amide bonds. The van der Waals surface area contributed by atoms with Crippen molar-refractivity contribution in [2.24, 2.45) is 0 Å². The number of likely N-dealkylation sites (N-methyl/N-ethyl adjacent to an activating group) is 1. The van der Waals surface area contributed by atoms with Crippen LogP contribution in [0.4, 0.5) is 0 Å². The molecule has 94 valence electrons. The van der Waals surface area contributed by atoms with Crippen molar-refractivity contribution in [1.82, 2.24) is 10.3 Å². The lowest BCUT2D eigenvalue weighted by Crippen LogP contribution is -2.23. The van der Waals surface area contributed by atoms with Crippen molar-refractivity contribution in [1.29, 1.82) is 0 Å². The van der Waals surface area contributed by atoms with E-state index >= 15 is 0 Å². The molecule has 1 aromatic carbocycles. The Balaban J connectivity index is 2.19. The third kappa shape index (κ3) is 3.40. The summed E-state index contributed by atoms with van der Waals surface area (Å²) in [5, 5.41) is 3.53. The highest BCUT2D eigenvalue weighted by molar-refractivity contribution is 9.10. The SMILES string of the molecule is CCNC(Cc1ccccc1Br)c1ccncc1. The van der Waals surface area contributed by atoms with Crippen LogP contribution in [0, 0.1) is 0 Å². The number of hydrogen-bond donors (Lipinski definition) is 1. The summed E-state index contributed by atoms with van der Waals surface area (Å²) < 4.78 is 1.17. The molecular formula is C15H17BrN2. The Morgan fingerprint density at radius 2 is 1.89 bits per heavy atom. The summed E-state index contributed by atoms with van der Waals surface area (Å²) in [5.74, 6) is 0. The summed E-state index contributed by atoms with van der Waals surface area (Å²) in [6.45, 7) is 3.09. The van der Waals surface area contributed by atoms with Gasteiger partial charge in [0.2, 0.25) is 0 Å². The van der Waals surface area contributed by atoms with E-state index < -0.39 is 0 Å². The normalized spacial score (nSPS) is 12.3. The fraction of sp³-hybridized carbons (Fsp3) is 0.267. The molecule has 0 aliphatic rings. The second-order valence-corrected chi connectivity index (χ2v) is 5.04. The monoisotopic (exact) mass is 304 g/mol. The zero-order valence-corrected chi connectivity index (χ0v) is 12.0. The van der Waals surface area contributed by atoms with Gasteiger partial charge in [-0.2, -0.15) is 0 Å². The molecule has 3 heteroatoms. The Morgan fingerprint density at radius 3 is 2.56 bits per heavy atom. The fourth-order valence-corrected chi connectivity index (χ4v) is 2.48. The van der Waals surface area contributed by atoms with Crippen molar-refractivity contribution in [2.75, 3.05) is 6.54 Å². The summed E-state index contributed by atoms with van der Waals surface area (Å²) in [6.07, 6.45) is 4.67. The maximum absolute atomic E-state index is 4.08. The largest absolute Gasteiger partial charge is 0.310 e. The smallest absolute Gasteiger partial charge is 0.0362 e. The lowest BCUT2D eigenvalue weighted by molar-refractivity contribution is 0.548. The third-order valence-electron chi connectivity index (χ3n) is 2.94. The highest BCUT2D eigenvalue weighted by Gasteiger charge is 2.12. The zero-order valence-electron chi connectivity index (χ0n) is 10.4. The Hall–Kier alpha value is -1.19. The second-order valence-electron chi connectivity index (χ2n) is 4.19. The number of nitrogens with zero attached hydrogens (tertiary/aromatic N) is 1. The average molecular weight is 305 g/mol. The predicted molar refractivity (Wildman–Crippen MR) is 78.5 cm³/mol. The summed E-state index contributed by atoms with van der Waals surface area (Å²) in [5.41, 5.74) is 2.60. The van der Waals surface area contributed by atoms with Gasteiger partial charge in [-0.3, -0.25) is 4.98 Å². The van der Waals surface area contributed by atoms with Gasteiger partial charge in [0, 0.05) is 22.9 Å². The molecule has 2 nitrogen and oxygen atoms in total. The van der Waals surface area contributed by atoms with Gasteiger partial charge in [0.05, 0.1) is 0 Å². The standard InChI is InChI=1S/C15H17BrN2/c1-2-18-15(12-7-9-17-10-8-12)11-13-5-3-4-6-14(13)16/h3-10,15,18H,2,11H2,1H3. The molecular weight excluding hydrogens is 288 g/mol. The lowest BCUT2D eigenvalue weighted by atomic mass is 10.00. The van der Waals surface area contributed by atoms with Gasteiger partial charge in [0.1, 0.15) is 0 Å². The maximum atomic E-state index is 4.08. The summed E-state index contributed by atoms with van der Waals surface area (Å²) in [7, 11) is 0. The molecule has 0 saturated carbocycles. The van der Waals surface area contributed by atoms with Gasteiger partial charge in [-0.1, -0.05) is 41.1 Å². The molecule has 2 aromatic rings. The van der Waals surface area contributed by atoms with Crippen LogP contribution < -0.4 is 5.32 Å². The first-order chi connectivity index (χ1) is 8.81. The molecule has 2 rings (SSSR count). The van der Waals surface area contributed by atoms with Gasteiger partial charge in [-0.05, 0) is 42.3 Å². The van der Waals surface area contributed by atoms with Crippen LogP contribution in [0.15, 0.2) is 53.3 Å². The molecule has 1 atom stereocenters. The van der Waals surface area contributed by atoms with E-state index in [-0.39, 0.29) is 0 Å². The van der Waals surface area contributed by atoms with Crippen molar-refractivity contribution in [3.05, 3.63) is 64.4 Å². The lowest BCUT2D eigenvalue weighted by Gasteiger charge is -2.19. The Morgan fingerprint density at radius 1 is 1.17 bits per heavy atom. The number of pyridine rings is 1. The van der Waals surface area contributed by atoms with E-state index in [2.05, 4.69) is 63.5 Å². The van der Waals surface area contributed by atoms with Gasteiger partial charge in [-0.25, -0.2) is 0 Å². The third-order valence-corrected chi connectivity index (χ3v) is 3.71. The number of benzene rings is 1. The zero-order chi connectivity index (χ0) is 12.8. The molecule has 0 bridgehead atoms. The van der Waals surface area contributed by atoms with Crippen molar-refractivity contribution < 1.29 is 0 Å². The fourth-order valence-electron chi connectivity index (χ4n) is 2.03. The summed E-state index contributed by atoms with van der Waals surface area (Å²) >= 11 is 3.61. The first-order valence-corrected chi connectivity index (χ1v) is 6.97. The molecule has 0 aliphatic heterocycles. The average Bonchev–Trinajstić information content (AvgIpc) is 2.42. The van der Waals surface area contributed by atoms with Crippen molar-refractivity contribution in [3.8, 4) is 0 Å². The van der Waals surface area contributed by atoms with Crippen LogP contribution in [0.1, 0.15) is 24.1 Å². The van der Waals surface area contributed by atoms with Crippen molar-refractivity contribution >= 4 is 15.9 Å². The highest BCUT2D eigenvalue weighted by Crippen LogP contribution is 2.23. The molecule has 0 radical (unpaired) electrons. The van der Waals surface area contributed by atoms with Crippen LogP contribution in [-0.4, -0.2) is 11.5 Å². The van der Waals surface area contributed by atoms with E-state index in [1.165, 1.54) is 15.6 Å². The van der Waals surface area contributed by atoms with Gasteiger partial charge < -0.3 is 5.32 Å². The van der Waals surface area contributed by atoms with Crippen LogP contribution in [0.5, 0.6) is 0 Å². The molecule has 1 unspecified atom stereocenters. The molecule has 0 spiro atoms. The first-order valence-electron chi connectivity index (χ1n) is 6.18. The van der Waals surface area contributed by atoms with Crippen LogP contribution in [0.25, 0.3) is 0 Å². The van der Waals surface area contributed by atoms with E-state index in [1.54, 1.807) is 0 Å². The minimum Gasteiger partial charge on any atom is -0.310 e. The number of nitrogens with one attached hydrogen (secondary N) is 1. The summed E-state index contributed by atoms with van der Waals surface area (Å²) in [4.78, 5) is 4.08. The molecule has 1 heterocycles. The van der Waals surface area contributed by atoms with Gasteiger partial charge in [0.15, 0.2) is 0 Å². The molecule has 18 heavy (non-hydrogen) atoms. The first kappa shape index (κ1) is 13.2. The number of halogens is 1. The summed E-state index contributed by atoms with van der Waals surface area (Å²) in [6, 6.07) is 12.9. The predicted octanol–water partition coefficient (Wildman–Crippen LogP) is 3.74. The number of rotatable bonds is 5. The van der Waals surface area contributed by atoms with Gasteiger partial charge in [-0.15, -0.1) is 0 Å². The maximum Gasteiger partial charge on any atom is 0.0362 e. The Labute approximate surface area is 117 Å². The Kier molecular flexibility index (Phi) is 4.90. The molecule has 0 saturated heterocycles. The van der Waals surface area contributed by atoms with Crippen LogP contribution in [0.3, 0.4) is 0 Å². The minimum atomic E-state index is 0.330. The quantitative estimate of drug-likeness (QED) is 0.910. The molecule has 1 aromatic heterocycles. The number of aromatic nitrogens is 1.